The largest absolute Gasteiger partial charge is 0.495 e. The molecule has 5 nitrogen and oxygen atoms in total. The van der Waals surface area contributed by atoms with Crippen LogP contribution in [0.3, 0.4) is 0 Å². The fraction of sp³-hybridized carbons (Fsp3) is 0.533. The van der Waals surface area contributed by atoms with Gasteiger partial charge in [-0.2, -0.15) is 0 Å². The molecule has 0 aliphatic rings. The first-order valence-corrected chi connectivity index (χ1v) is 6.87. The topological polar surface area (TPSA) is 64.8 Å². The van der Waals surface area contributed by atoms with E-state index in [0.29, 0.717) is 43.5 Å². The van der Waals surface area contributed by atoms with E-state index in [0.717, 1.165) is 0 Å². The number of benzene rings is 1. The average Bonchev–Trinajstić information content (AvgIpc) is 2.45. The van der Waals surface area contributed by atoms with Crippen molar-refractivity contribution in [1.82, 2.24) is 0 Å². The summed E-state index contributed by atoms with van der Waals surface area (Å²) in [5.74, 6) is 0.944. The lowest BCUT2D eigenvalue weighted by Crippen LogP contribution is -2.34. The summed E-state index contributed by atoms with van der Waals surface area (Å²) in [5, 5.41) is 0. The van der Waals surface area contributed by atoms with E-state index in [1.165, 1.54) is 0 Å². The van der Waals surface area contributed by atoms with Gasteiger partial charge in [-0.25, -0.2) is 4.79 Å². The Kier molecular flexibility index (Phi) is 6.87. The lowest BCUT2D eigenvalue weighted by atomic mass is 10.2. The Morgan fingerprint density at radius 1 is 1.35 bits per heavy atom. The number of hydrogen-bond donors (Lipinski definition) is 1. The summed E-state index contributed by atoms with van der Waals surface area (Å²) >= 11 is 0. The van der Waals surface area contributed by atoms with Crippen molar-refractivity contribution < 1.29 is 14.3 Å². The molecule has 1 aromatic rings. The van der Waals surface area contributed by atoms with Crippen molar-refractivity contribution in [2.24, 2.45) is 11.7 Å². The van der Waals surface area contributed by atoms with Crippen LogP contribution in [0.4, 0.5) is 10.5 Å². The number of carbonyl (C=O) groups excluding carboxylic acids is 1. The summed E-state index contributed by atoms with van der Waals surface area (Å²) in [7, 11) is 1.58. The van der Waals surface area contributed by atoms with Crippen LogP contribution in [0.5, 0.6) is 5.75 Å². The van der Waals surface area contributed by atoms with Crippen molar-refractivity contribution in [1.29, 1.82) is 0 Å². The molecule has 0 aliphatic carbocycles. The summed E-state index contributed by atoms with van der Waals surface area (Å²) in [6, 6.07) is 7.39. The van der Waals surface area contributed by atoms with Crippen molar-refractivity contribution in [3.05, 3.63) is 24.3 Å². The van der Waals surface area contributed by atoms with E-state index < -0.39 is 0 Å². The summed E-state index contributed by atoms with van der Waals surface area (Å²) < 4.78 is 10.6. The molecule has 0 aliphatic heterocycles. The molecule has 0 spiro atoms. The first kappa shape index (κ1) is 16.3. The van der Waals surface area contributed by atoms with Crippen LogP contribution in [-0.4, -0.2) is 32.9 Å². The van der Waals surface area contributed by atoms with E-state index in [4.69, 9.17) is 15.2 Å². The van der Waals surface area contributed by atoms with Crippen LogP contribution in [0.15, 0.2) is 24.3 Å². The Balaban J connectivity index is 2.90. The molecule has 0 saturated carbocycles. The monoisotopic (exact) mass is 280 g/mol. The molecule has 0 atom stereocenters. The number of methoxy groups -OCH3 is 1. The minimum Gasteiger partial charge on any atom is -0.495 e. The molecule has 1 rings (SSSR count). The molecule has 20 heavy (non-hydrogen) atoms. The number of ether oxygens (including phenoxy) is 2. The number of nitrogens with zero attached hydrogens (tertiary/aromatic N) is 1. The molecule has 0 fully saturated rings. The summed E-state index contributed by atoms with van der Waals surface area (Å²) in [6.45, 7) is 5.42. The number of para-hydroxylation sites is 2. The van der Waals surface area contributed by atoms with Crippen LogP contribution in [0.1, 0.15) is 20.3 Å². The van der Waals surface area contributed by atoms with E-state index in [9.17, 15) is 4.79 Å². The fourth-order valence-corrected chi connectivity index (χ4v) is 1.73. The first-order valence-electron chi connectivity index (χ1n) is 6.87. The molecule has 0 aromatic heterocycles. The third kappa shape index (κ3) is 4.74. The predicted octanol–water partition coefficient (Wildman–Crippen LogP) is 2.64. The highest BCUT2D eigenvalue weighted by Gasteiger charge is 2.20. The molecule has 1 aromatic carbocycles. The molecule has 0 heterocycles. The van der Waals surface area contributed by atoms with E-state index in [1.807, 2.05) is 38.1 Å². The highest BCUT2D eigenvalue weighted by Crippen LogP contribution is 2.28. The molecule has 0 bridgehead atoms. The molecule has 1 amide bonds. The molecule has 0 saturated heterocycles. The second-order valence-electron chi connectivity index (χ2n) is 4.94. The molecule has 0 radical (unpaired) electrons. The van der Waals surface area contributed by atoms with E-state index in [2.05, 4.69) is 0 Å². The van der Waals surface area contributed by atoms with Gasteiger partial charge in [0.1, 0.15) is 5.75 Å². The second-order valence-corrected chi connectivity index (χ2v) is 4.94. The van der Waals surface area contributed by atoms with Gasteiger partial charge in [0.25, 0.3) is 0 Å². The van der Waals surface area contributed by atoms with Gasteiger partial charge in [-0.3, -0.25) is 4.90 Å². The van der Waals surface area contributed by atoms with E-state index in [1.54, 1.807) is 12.0 Å². The van der Waals surface area contributed by atoms with Crippen molar-refractivity contribution >= 4 is 11.8 Å². The Bertz CT molecular complexity index is 421. The van der Waals surface area contributed by atoms with Crippen molar-refractivity contribution in [2.75, 3.05) is 31.7 Å². The number of nitrogens with two attached hydrogens (primary N) is 1. The third-order valence-electron chi connectivity index (χ3n) is 2.72. The van der Waals surface area contributed by atoms with Gasteiger partial charge in [-0.15, -0.1) is 0 Å². The normalized spacial score (nSPS) is 10.4. The smallest absolute Gasteiger partial charge is 0.414 e. The summed E-state index contributed by atoms with van der Waals surface area (Å²) in [4.78, 5) is 13.8. The van der Waals surface area contributed by atoms with Crippen LogP contribution in [-0.2, 0) is 4.74 Å². The number of amides is 1. The van der Waals surface area contributed by atoms with Crippen molar-refractivity contribution in [3.8, 4) is 5.75 Å². The first-order chi connectivity index (χ1) is 9.60. The minimum atomic E-state index is -0.364. The molecule has 2 N–H and O–H groups in total. The zero-order chi connectivity index (χ0) is 15.0. The summed E-state index contributed by atoms with van der Waals surface area (Å²) in [6.07, 6.45) is 0.339. The van der Waals surface area contributed by atoms with E-state index in [-0.39, 0.29) is 6.09 Å². The zero-order valence-electron chi connectivity index (χ0n) is 12.5. The minimum absolute atomic E-state index is 0.299. The third-order valence-corrected chi connectivity index (χ3v) is 2.72. The Hall–Kier alpha value is -1.75. The van der Waals surface area contributed by atoms with Gasteiger partial charge in [-0.05, 0) is 31.0 Å². The molecule has 5 heteroatoms. The van der Waals surface area contributed by atoms with Gasteiger partial charge < -0.3 is 15.2 Å². The number of anilines is 1. The van der Waals surface area contributed by atoms with E-state index >= 15 is 0 Å². The van der Waals surface area contributed by atoms with Gasteiger partial charge in [0.15, 0.2) is 0 Å². The molecule has 0 unspecified atom stereocenters. The fourth-order valence-electron chi connectivity index (χ4n) is 1.73. The predicted molar refractivity (Wildman–Crippen MR) is 80.2 cm³/mol. The van der Waals surface area contributed by atoms with Crippen LogP contribution in [0.25, 0.3) is 0 Å². The zero-order valence-corrected chi connectivity index (χ0v) is 12.5. The Morgan fingerprint density at radius 2 is 2.05 bits per heavy atom. The number of carbonyl (C=O) groups is 1. The SMILES string of the molecule is COc1ccccc1N(CCCN)C(=O)OCC(C)C. The van der Waals surface area contributed by atoms with Crippen molar-refractivity contribution in [2.45, 2.75) is 20.3 Å². The van der Waals surface area contributed by atoms with Gasteiger partial charge >= 0.3 is 6.09 Å². The van der Waals surface area contributed by atoms with Crippen LogP contribution >= 0.6 is 0 Å². The summed E-state index contributed by atoms with van der Waals surface area (Å²) in [5.41, 5.74) is 6.24. The molecular weight excluding hydrogens is 256 g/mol. The van der Waals surface area contributed by atoms with Crippen LogP contribution in [0, 0.1) is 5.92 Å². The van der Waals surface area contributed by atoms with Gasteiger partial charge in [0, 0.05) is 6.54 Å². The quantitative estimate of drug-likeness (QED) is 0.834. The van der Waals surface area contributed by atoms with Crippen LogP contribution < -0.4 is 15.4 Å². The number of rotatable bonds is 7. The van der Waals surface area contributed by atoms with Gasteiger partial charge in [0.05, 0.1) is 19.4 Å². The lowest BCUT2D eigenvalue weighted by molar-refractivity contribution is 0.140. The highest BCUT2D eigenvalue weighted by molar-refractivity contribution is 5.89. The maximum atomic E-state index is 12.2. The molecular formula is C15H24N2O3. The number of hydrogen-bond acceptors (Lipinski definition) is 4. The van der Waals surface area contributed by atoms with Crippen LogP contribution in [0.2, 0.25) is 0 Å². The Labute approximate surface area is 120 Å². The van der Waals surface area contributed by atoms with Gasteiger partial charge in [0.2, 0.25) is 0 Å². The molecule has 112 valence electrons. The maximum Gasteiger partial charge on any atom is 0.414 e. The standard InChI is InChI=1S/C15H24N2O3/c1-12(2)11-20-15(18)17(10-6-9-16)13-7-4-5-8-14(13)19-3/h4-5,7-8,12H,6,9-11,16H2,1-3H3. The maximum absolute atomic E-state index is 12.2. The van der Waals surface area contributed by atoms with Crippen molar-refractivity contribution in [3.63, 3.8) is 0 Å². The average molecular weight is 280 g/mol. The lowest BCUT2D eigenvalue weighted by Gasteiger charge is -2.24. The highest BCUT2D eigenvalue weighted by atomic mass is 16.6. The Morgan fingerprint density at radius 3 is 2.65 bits per heavy atom. The second kappa shape index (κ2) is 8.43. The van der Waals surface area contributed by atoms with Gasteiger partial charge in [-0.1, -0.05) is 26.0 Å².